The Bertz CT molecular complexity index is 488. The minimum absolute atomic E-state index is 0.213. The first-order chi connectivity index (χ1) is 8.22. The van der Waals surface area contributed by atoms with Crippen molar-refractivity contribution < 1.29 is 0 Å². The average Bonchev–Trinajstić information content (AvgIpc) is 2.70. The molecule has 2 nitrogen and oxygen atoms in total. The lowest BCUT2D eigenvalue weighted by Gasteiger charge is -2.11. The van der Waals surface area contributed by atoms with Gasteiger partial charge in [0.15, 0.2) is 0 Å². The van der Waals surface area contributed by atoms with E-state index in [2.05, 4.69) is 48.2 Å². The lowest BCUT2D eigenvalue weighted by Crippen LogP contribution is -2.18. The summed E-state index contributed by atoms with van der Waals surface area (Å²) in [6.45, 7) is 3.13. The van der Waals surface area contributed by atoms with Gasteiger partial charge < -0.3 is 10.3 Å². The molecule has 92 valence electrons. The fraction of sp³-hybridized carbons (Fsp3) is 0.429. The maximum Gasteiger partial charge on any atom is 0.0513 e. The topological polar surface area (TPSA) is 30.9 Å². The van der Waals surface area contributed by atoms with Gasteiger partial charge in [-0.05, 0) is 36.6 Å². The molecule has 0 saturated carbocycles. The molecule has 1 unspecified atom stereocenters. The second-order valence-corrected chi connectivity index (χ2v) is 5.52. The molecule has 2 N–H and O–H groups in total. The number of benzene rings is 1. The van der Waals surface area contributed by atoms with Crippen molar-refractivity contribution in [3.8, 4) is 0 Å². The SMILES string of the molecule is CSCCn1ccc2cccc(CC(C)N)c21. The number of hydrogen-bond donors (Lipinski definition) is 1. The van der Waals surface area contributed by atoms with Crippen molar-refractivity contribution in [2.45, 2.75) is 25.9 Å². The first kappa shape index (κ1) is 12.5. The van der Waals surface area contributed by atoms with Crippen LogP contribution in [0.1, 0.15) is 12.5 Å². The van der Waals surface area contributed by atoms with Crippen LogP contribution in [0.15, 0.2) is 30.5 Å². The molecule has 0 bridgehead atoms. The quantitative estimate of drug-likeness (QED) is 0.882. The third kappa shape index (κ3) is 2.85. The normalized spacial score (nSPS) is 13.1. The van der Waals surface area contributed by atoms with Crippen molar-refractivity contribution in [2.75, 3.05) is 12.0 Å². The number of nitrogens with two attached hydrogens (primary N) is 1. The second kappa shape index (κ2) is 5.61. The summed E-state index contributed by atoms with van der Waals surface area (Å²) in [6, 6.07) is 8.90. The summed E-state index contributed by atoms with van der Waals surface area (Å²) < 4.78 is 2.35. The summed E-state index contributed by atoms with van der Waals surface area (Å²) in [7, 11) is 0. The van der Waals surface area contributed by atoms with Crippen LogP contribution in [0.2, 0.25) is 0 Å². The fourth-order valence-corrected chi connectivity index (χ4v) is 2.61. The Labute approximate surface area is 107 Å². The van der Waals surface area contributed by atoms with Gasteiger partial charge in [-0.3, -0.25) is 0 Å². The van der Waals surface area contributed by atoms with Crippen LogP contribution in [0.5, 0.6) is 0 Å². The highest BCUT2D eigenvalue weighted by atomic mass is 32.2. The second-order valence-electron chi connectivity index (χ2n) is 4.54. The largest absolute Gasteiger partial charge is 0.346 e. The lowest BCUT2D eigenvalue weighted by molar-refractivity contribution is 0.732. The summed E-state index contributed by atoms with van der Waals surface area (Å²) >= 11 is 1.88. The molecule has 0 radical (unpaired) electrons. The average molecular weight is 248 g/mol. The maximum atomic E-state index is 5.92. The molecule has 17 heavy (non-hydrogen) atoms. The molecule has 0 aliphatic carbocycles. The van der Waals surface area contributed by atoms with Crippen LogP contribution in [0.25, 0.3) is 10.9 Å². The van der Waals surface area contributed by atoms with Crippen molar-refractivity contribution in [3.63, 3.8) is 0 Å². The minimum atomic E-state index is 0.213. The van der Waals surface area contributed by atoms with Crippen molar-refractivity contribution >= 4 is 22.7 Å². The Hall–Kier alpha value is -0.930. The zero-order valence-electron chi connectivity index (χ0n) is 10.5. The molecule has 0 amide bonds. The number of aromatic nitrogens is 1. The molecule has 0 aliphatic heterocycles. The van der Waals surface area contributed by atoms with Crippen LogP contribution < -0.4 is 5.73 Å². The van der Waals surface area contributed by atoms with E-state index in [0.29, 0.717) is 0 Å². The van der Waals surface area contributed by atoms with Gasteiger partial charge in [0.25, 0.3) is 0 Å². The molecule has 3 heteroatoms. The van der Waals surface area contributed by atoms with E-state index in [4.69, 9.17) is 5.73 Å². The Morgan fingerprint density at radius 2 is 2.18 bits per heavy atom. The molecule has 0 spiro atoms. The zero-order valence-corrected chi connectivity index (χ0v) is 11.3. The van der Waals surface area contributed by atoms with Crippen LogP contribution in [-0.4, -0.2) is 22.6 Å². The van der Waals surface area contributed by atoms with Gasteiger partial charge in [0, 0.05) is 24.5 Å². The molecule has 0 fully saturated rings. The van der Waals surface area contributed by atoms with Crippen molar-refractivity contribution in [1.82, 2.24) is 4.57 Å². The molecule has 1 aromatic carbocycles. The van der Waals surface area contributed by atoms with Gasteiger partial charge in [-0.25, -0.2) is 0 Å². The van der Waals surface area contributed by atoms with E-state index in [9.17, 15) is 0 Å². The van der Waals surface area contributed by atoms with Gasteiger partial charge in [-0.15, -0.1) is 0 Å². The van der Waals surface area contributed by atoms with Crippen LogP contribution >= 0.6 is 11.8 Å². The third-order valence-corrected chi connectivity index (χ3v) is 3.54. The predicted octanol–water partition coefficient (Wildman–Crippen LogP) is 2.89. The highest BCUT2D eigenvalue weighted by Crippen LogP contribution is 2.21. The van der Waals surface area contributed by atoms with Crippen LogP contribution in [-0.2, 0) is 13.0 Å². The van der Waals surface area contributed by atoms with E-state index in [1.54, 1.807) is 0 Å². The predicted molar refractivity (Wildman–Crippen MR) is 77.7 cm³/mol. The van der Waals surface area contributed by atoms with E-state index in [0.717, 1.165) is 18.7 Å². The van der Waals surface area contributed by atoms with Gasteiger partial charge in [0.2, 0.25) is 0 Å². The highest BCUT2D eigenvalue weighted by molar-refractivity contribution is 7.98. The Morgan fingerprint density at radius 1 is 1.35 bits per heavy atom. The van der Waals surface area contributed by atoms with Gasteiger partial charge in [-0.2, -0.15) is 11.8 Å². The summed E-state index contributed by atoms with van der Waals surface area (Å²) in [5.41, 5.74) is 8.65. The molecule has 0 aliphatic rings. The molecule has 2 aromatic rings. The minimum Gasteiger partial charge on any atom is -0.346 e. The molecular formula is C14H20N2S. The fourth-order valence-electron chi connectivity index (χ4n) is 2.23. The zero-order chi connectivity index (χ0) is 12.3. The van der Waals surface area contributed by atoms with Gasteiger partial charge in [0.1, 0.15) is 0 Å². The number of thioether (sulfide) groups is 1. The van der Waals surface area contributed by atoms with Gasteiger partial charge in [-0.1, -0.05) is 18.2 Å². The van der Waals surface area contributed by atoms with E-state index in [1.807, 2.05) is 11.8 Å². The number of hydrogen-bond acceptors (Lipinski definition) is 2. The van der Waals surface area contributed by atoms with E-state index < -0.39 is 0 Å². The monoisotopic (exact) mass is 248 g/mol. The molecular weight excluding hydrogens is 228 g/mol. The number of rotatable bonds is 5. The van der Waals surface area contributed by atoms with E-state index in [1.165, 1.54) is 16.5 Å². The number of nitrogens with zero attached hydrogens (tertiary/aromatic N) is 1. The summed E-state index contributed by atoms with van der Waals surface area (Å²) in [4.78, 5) is 0. The Balaban J connectivity index is 2.40. The summed E-state index contributed by atoms with van der Waals surface area (Å²) in [5.74, 6) is 1.15. The Kier molecular flexibility index (Phi) is 4.13. The van der Waals surface area contributed by atoms with Gasteiger partial charge in [0.05, 0.1) is 5.52 Å². The third-order valence-electron chi connectivity index (χ3n) is 2.95. The van der Waals surface area contributed by atoms with Crippen molar-refractivity contribution in [3.05, 3.63) is 36.0 Å². The maximum absolute atomic E-state index is 5.92. The standard InChI is InChI=1S/C14H20N2S/c1-11(15)10-13-5-3-4-12-6-7-16(14(12)13)8-9-17-2/h3-7,11H,8-10,15H2,1-2H3. The van der Waals surface area contributed by atoms with Crippen LogP contribution in [0, 0.1) is 0 Å². The molecule has 1 atom stereocenters. The molecule has 1 aromatic heterocycles. The molecule has 2 rings (SSSR count). The lowest BCUT2D eigenvalue weighted by atomic mass is 10.0. The molecule has 1 heterocycles. The van der Waals surface area contributed by atoms with Crippen LogP contribution in [0.3, 0.4) is 0 Å². The van der Waals surface area contributed by atoms with E-state index >= 15 is 0 Å². The highest BCUT2D eigenvalue weighted by Gasteiger charge is 2.07. The first-order valence-corrected chi connectivity index (χ1v) is 7.43. The molecule has 0 saturated heterocycles. The van der Waals surface area contributed by atoms with E-state index in [-0.39, 0.29) is 6.04 Å². The van der Waals surface area contributed by atoms with Crippen molar-refractivity contribution in [1.29, 1.82) is 0 Å². The summed E-state index contributed by atoms with van der Waals surface area (Å²) in [5, 5.41) is 1.32. The number of fused-ring (bicyclic) bond motifs is 1. The smallest absolute Gasteiger partial charge is 0.0513 e. The van der Waals surface area contributed by atoms with Crippen LogP contribution in [0.4, 0.5) is 0 Å². The Morgan fingerprint density at radius 3 is 2.88 bits per heavy atom. The van der Waals surface area contributed by atoms with Gasteiger partial charge >= 0.3 is 0 Å². The first-order valence-electron chi connectivity index (χ1n) is 6.03. The summed E-state index contributed by atoms with van der Waals surface area (Å²) in [6.07, 6.45) is 5.28. The number of aryl methyl sites for hydroxylation is 1. The number of para-hydroxylation sites is 1. The van der Waals surface area contributed by atoms with Crippen molar-refractivity contribution in [2.24, 2.45) is 5.73 Å².